The molecule has 130 valence electrons. The second-order valence-corrected chi connectivity index (χ2v) is 5.73. The van der Waals surface area contributed by atoms with E-state index in [0.717, 1.165) is 26.1 Å². The lowest BCUT2D eigenvalue weighted by molar-refractivity contribution is 0.0945. The number of halogens is 2. The van der Waals surface area contributed by atoms with Gasteiger partial charge in [0.05, 0.1) is 24.3 Å². The quantitative estimate of drug-likeness (QED) is 0.683. The van der Waals surface area contributed by atoms with Crippen molar-refractivity contribution in [2.75, 3.05) is 40.4 Å². The van der Waals surface area contributed by atoms with Gasteiger partial charge < -0.3 is 19.7 Å². The summed E-state index contributed by atoms with van der Waals surface area (Å²) in [5, 5.41) is 3.40. The Balaban J connectivity index is 2.83. The van der Waals surface area contributed by atoms with Gasteiger partial charge in [0.25, 0.3) is 5.91 Å². The summed E-state index contributed by atoms with van der Waals surface area (Å²) in [4.78, 5) is 14.8. The topological polar surface area (TPSA) is 50.8 Å². The first-order valence-corrected chi connectivity index (χ1v) is 8.36. The second kappa shape index (κ2) is 9.85. The molecule has 1 aromatic rings. The van der Waals surface area contributed by atoms with Crippen molar-refractivity contribution < 1.29 is 14.3 Å². The smallest absolute Gasteiger partial charge is 0.258 e. The van der Waals surface area contributed by atoms with Gasteiger partial charge in [-0.25, -0.2) is 0 Å². The molecule has 0 fully saturated rings. The monoisotopic (exact) mass is 362 g/mol. The van der Waals surface area contributed by atoms with Crippen LogP contribution in [0.25, 0.3) is 0 Å². The molecule has 0 bridgehead atoms. The van der Waals surface area contributed by atoms with Crippen molar-refractivity contribution in [1.82, 2.24) is 10.2 Å². The summed E-state index contributed by atoms with van der Waals surface area (Å²) in [6.45, 7) is 7.70. The van der Waals surface area contributed by atoms with Gasteiger partial charge in [-0.1, -0.05) is 37.0 Å². The predicted octanol–water partition coefficient (Wildman–Crippen LogP) is 3.47. The van der Waals surface area contributed by atoms with Gasteiger partial charge in [-0.2, -0.15) is 0 Å². The van der Waals surface area contributed by atoms with Crippen molar-refractivity contribution in [3.05, 3.63) is 21.7 Å². The molecule has 0 spiro atoms. The van der Waals surface area contributed by atoms with Crippen molar-refractivity contribution in [3.8, 4) is 11.5 Å². The summed E-state index contributed by atoms with van der Waals surface area (Å²) >= 11 is 12.2. The Bertz CT molecular complexity index is 506. The summed E-state index contributed by atoms with van der Waals surface area (Å²) in [6.07, 6.45) is 0.854. The van der Waals surface area contributed by atoms with Gasteiger partial charge >= 0.3 is 0 Å². The van der Waals surface area contributed by atoms with Gasteiger partial charge in [0.2, 0.25) is 0 Å². The third-order valence-corrected chi connectivity index (χ3v) is 4.17. The molecule has 0 aromatic heterocycles. The SMILES string of the molecule is CCN(CC)CCCNC(=O)c1c(OC)c(Cl)cc(Cl)c1OC. The van der Waals surface area contributed by atoms with E-state index in [1.54, 1.807) is 0 Å². The molecule has 0 atom stereocenters. The fourth-order valence-corrected chi connectivity index (χ4v) is 2.94. The molecule has 0 unspecified atom stereocenters. The van der Waals surface area contributed by atoms with E-state index in [4.69, 9.17) is 32.7 Å². The van der Waals surface area contributed by atoms with Gasteiger partial charge in [-0.15, -0.1) is 0 Å². The average Bonchev–Trinajstić information content (AvgIpc) is 2.54. The van der Waals surface area contributed by atoms with E-state index in [1.165, 1.54) is 20.3 Å². The van der Waals surface area contributed by atoms with Crippen LogP contribution >= 0.6 is 23.2 Å². The maximum absolute atomic E-state index is 12.5. The molecular weight excluding hydrogens is 339 g/mol. The Labute approximate surface area is 147 Å². The molecule has 0 heterocycles. The third kappa shape index (κ3) is 5.16. The summed E-state index contributed by atoms with van der Waals surface area (Å²) in [5.41, 5.74) is 0.218. The standard InChI is InChI=1S/C16H24Cl2N2O3/c1-5-20(6-2)9-7-8-19-16(21)13-14(22-3)11(17)10-12(18)15(13)23-4/h10H,5-9H2,1-4H3,(H,19,21). The number of ether oxygens (including phenoxy) is 2. The molecule has 1 amide bonds. The molecule has 0 aliphatic heterocycles. The second-order valence-electron chi connectivity index (χ2n) is 4.92. The average molecular weight is 363 g/mol. The summed E-state index contributed by atoms with van der Waals surface area (Å²) in [7, 11) is 2.90. The minimum Gasteiger partial charge on any atom is -0.494 e. The first-order chi connectivity index (χ1) is 11.0. The van der Waals surface area contributed by atoms with Crippen molar-refractivity contribution in [2.24, 2.45) is 0 Å². The van der Waals surface area contributed by atoms with Gasteiger partial charge in [0.1, 0.15) is 5.56 Å². The highest BCUT2D eigenvalue weighted by Crippen LogP contribution is 2.40. The first kappa shape index (κ1) is 19.9. The molecular formula is C16H24Cl2N2O3. The van der Waals surface area contributed by atoms with Crippen LogP contribution in [-0.4, -0.2) is 51.2 Å². The van der Waals surface area contributed by atoms with Crippen molar-refractivity contribution in [2.45, 2.75) is 20.3 Å². The van der Waals surface area contributed by atoms with E-state index in [1.807, 2.05) is 0 Å². The Kier molecular flexibility index (Phi) is 8.52. The van der Waals surface area contributed by atoms with E-state index >= 15 is 0 Å². The predicted molar refractivity (Wildman–Crippen MR) is 94.3 cm³/mol. The molecule has 5 nitrogen and oxygen atoms in total. The van der Waals surface area contributed by atoms with Crippen LogP contribution in [0.1, 0.15) is 30.6 Å². The van der Waals surface area contributed by atoms with Crippen LogP contribution in [0, 0.1) is 0 Å². The first-order valence-electron chi connectivity index (χ1n) is 7.60. The fourth-order valence-electron chi connectivity index (χ4n) is 2.32. The van der Waals surface area contributed by atoms with Crippen LogP contribution in [0.15, 0.2) is 6.07 Å². The summed E-state index contributed by atoms with van der Waals surface area (Å²) < 4.78 is 10.5. The Hall–Kier alpha value is -1.17. The maximum atomic E-state index is 12.5. The minimum atomic E-state index is -0.317. The lowest BCUT2D eigenvalue weighted by Gasteiger charge is -2.18. The molecule has 23 heavy (non-hydrogen) atoms. The van der Waals surface area contributed by atoms with Crippen LogP contribution in [-0.2, 0) is 0 Å². The van der Waals surface area contributed by atoms with Gasteiger partial charge in [-0.3, -0.25) is 4.79 Å². The van der Waals surface area contributed by atoms with Crippen LogP contribution in [0.4, 0.5) is 0 Å². The number of benzene rings is 1. The normalized spacial score (nSPS) is 10.7. The fraction of sp³-hybridized carbons (Fsp3) is 0.562. The highest BCUT2D eigenvalue weighted by Gasteiger charge is 2.24. The zero-order valence-electron chi connectivity index (χ0n) is 14.0. The zero-order chi connectivity index (χ0) is 17.4. The molecule has 7 heteroatoms. The Morgan fingerprint density at radius 2 is 1.65 bits per heavy atom. The number of carbonyl (C=O) groups excluding carboxylic acids is 1. The molecule has 0 saturated carbocycles. The van der Waals surface area contributed by atoms with E-state index in [0.29, 0.717) is 6.54 Å². The number of carbonyl (C=O) groups is 1. The lowest BCUT2D eigenvalue weighted by Crippen LogP contribution is -2.30. The molecule has 1 N–H and O–H groups in total. The number of nitrogens with zero attached hydrogens (tertiary/aromatic N) is 1. The molecule has 0 radical (unpaired) electrons. The third-order valence-electron chi connectivity index (χ3n) is 3.61. The zero-order valence-corrected chi connectivity index (χ0v) is 15.6. The van der Waals surface area contributed by atoms with Crippen LogP contribution in [0.3, 0.4) is 0 Å². The van der Waals surface area contributed by atoms with Crippen molar-refractivity contribution in [1.29, 1.82) is 0 Å². The highest BCUT2D eigenvalue weighted by atomic mass is 35.5. The molecule has 0 aliphatic carbocycles. The number of hydrogen-bond donors (Lipinski definition) is 1. The lowest BCUT2D eigenvalue weighted by atomic mass is 10.1. The summed E-state index contributed by atoms with van der Waals surface area (Å²) in [6, 6.07) is 1.50. The number of nitrogens with one attached hydrogen (secondary N) is 1. The number of hydrogen-bond acceptors (Lipinski definition) is 4. The number of methoxy groups -OCH3 is 2. The van der Waals surface area contributed by atoms with E-state index in [9.17, 15) is 4.79 Å². The van der Waals surface area contributed by atoms with E-state index < -0.39 is 0 Å². The molecule has 1 rings (SSSR count). The van der Waals surface area contributed by atoms with Crippen LogP contribution in [0.5, 0.6) is 11.5 Å². The van der Waals surface area contributed by atoms with Gasteiger partial charge in [0, 0.05) is 6.54 Å². The maximum Gasteiger partial charge on any atom is 0.258 e. The number of rotatable bonds is 9. The van der Waals surface area contributed by atoms with Crippen molar-refractivity contribution in [3.63, 3.8) is 0 Å². The minimum absolute atomic E-state index is 0.218. The van der Waals surface area contributed by atoms with Gasteiger partial charge in [-0.05, 0) is 32.1 Å². The summed E-state index contributed by atoms with van der Waals surface area (Å²) in [5.74, 6) is 0.200. The van der Waals surface area contributed by atoms with Crippen molar-refractivity contribution >= 4 is 29.1 Å². The van der Waals surface area contributed by atoms with E-state index in [-0.39, 0.29) is 33.0 Å². The Morgan fingerprint density at radius 1 is 1.13 bits per heavy atom. The van der Waals surface area contributed by atoms with Crippen LogP contribution < -0.4 is 14.8 Å². The number of amides is 1. The largest absolute Gasteiger partial charge is 0.494 e. The Morgan fingerprint density at radius 3 is 2.09 bits per heavy atom. The van der Waals surface area contributed by atoms with E-state index in [2.05, 4.69) is 24.1 Å². The van der Waals surface area contributed by atoms with Crippen LogP contribution in [0.2, 0.25) is 10.0 Å². The van der Waals surface area contributed by atoms with Gasteiger partial charge in [0.15, 0.2) is 11.5 Å². The molecule has 0 aliphatic rings. The molecule has 0 saturated heterocycles. The molecule has 1 aromatic carbocycles. The highest BCUT2D eigenvalue weighted by molar-refractivity contribution is 6.37.